The Morgan fingerprint density at radius 3 is 2.78 bits per heavy atom. The second-order valence-corrected chi connectivity index (χ2v) is 5.42. The molecule has 0 saturated heterocycles. The zero-order valence-electron chi connectivity index (χ0n) is 10.3. The van der Waals surface area contributed by atoms with E-state index in [-0.39, 0.29) is 18.0 Å². The number of hydrogen-bond acceptors (Lipinski definition) is 3. The van der Waals surface area contributed by atoms with Gasteiger partial charge in [-0.05, 0) is 41.3 Å². The van der Waals surface area contributed by atoms with Crippen LogP contribution >= 0.6 is 15.9 Å². The highest BCUT2D eigenvalue weighted by atomic mass is 79.9. The van der Waals surface area contributed by atoms with Crippen molar-refractivity contribution < 1.29 is 13.9 Å². The molecule has 1 aliphatic carbocycles. The van der Waals surface area contributed by atoms with Crippen molar-refractivity contribution in [1.29, 1.82) is 0 Å². The first-order valence-corrected chi connectivity index (χ1v) is 6.83. The largest absolute Gasteiger partial charge is 0.488 e. The maximum absolute atomic E-state index is 13.3. The first-order valence-electron chi connectivity index (χ1n) is 6.04. The molecule has 0 aromatic heterocycles. The number of nitrogen functional groups attached to an aromatic ring is 1. The third-order valence-corrected chi connectivity index (χ3v) is 3.87. The number of nitrogens with two attached hydrogens (primary N) is 1. The van der Waals surface area contributed by atoms with Crippen LogP contribution in [0, 0.1) is 5.82 Å². The molecule has 2 atom stereocenters. The summed E-state index contributed by atoms with van der Waals surface area (Å²) in [5.41, 5.74) is 6.09. The molecule has 100 valence electrons. The monoisotopic (exact) mass is 317 g/mol. The van der Waals surface area contributed by atoms with Crippen molar-refractivity contribution in [2.45, 2.75) is 37.9 Å². The highest BCUT2D eigenvalue weighted by molar-refractivity contribution is 9.10. The third kappa shape index (κ3) is 3.14. The standard InChI is InChI=1S/C13H17BrFNO2/c1-17-8-3-2-4-9(5-8)18-13-6-10(14)11(15)7-12(13)16/h6-9H,2-5,16H2,1H3. The molecule has 3 nitrogen and oxygen atoms in total. The van der Waals surface area contributed by atoms with Gasteiger partial charge in [0.1, 0.15) is 17.7 Å². The van der Waals surface area contributed by atoms with E-state index in [9.17, 15) is 4.39 Å². The molecule has 1 fully saturated rings. The van der Waals surface area contributed by atoms with Gasteiger partial charge >= 0.3 is 0 Å². The van der Waals surface area contributed by atoms with Crippen molar-refractivity contribution >= 4 is 21.6 Å². The highest BCUT2D eigenvalue weighted by Gasteiger charge is 2.23. The molecular weight excluding hydrogens is 301 g/mol. The number of methoxy groups -OCH3 is 1. The van der Waals surface area contributed by atoms with Crippen LogP contribution in [0.1, 0.15) is 25.7 Å². The van der Waals surface area contributed by atoms with Crippen LogP contribution in [-0.2, 0) is 4.74 Å². The van der Waals surface area contributed by atoms with Crippen LogP contribution in [0.2, 0.25) is 0 Å². The number of rotatable bonds is 3. The lowest BCUT2D eigenvalue weighted by atomic mass is 9.95. The zero-order chi connectivity index (χ0) is 13.1. The molecule has 1 saturated carbocycles. The number of halogens is 2. The lowest BCUT2D eigenvalue weighted by Crippen LogP contribution is -2.29. The summed E-state index contributed by atoms with van der Waals surface area (Å²) in [6, 6.07) is 2.86. The van der Waals surface area contributed by atoms with Crippen LogP contribution in [-0.4, -0.2) is 19.3 Å². The van der Waals surface area contributed by atoms with Crippen molar-refractivity contribution in [3.63, 3.8) is 0 Å². The molecule has 0 bridgehead atoms. The van der Waals surface area contributed by atoms with Crippen LogP contribution < -0.4 is 10.5 Å². The molecule has 2 N–H and O–H groups in total. The maximum atomic E-state index is 13.3. The molecule has 0 aliphatic heterocycles. The summed E-state index contributed by atoms with van der Waals surface area (Å²) >= 11 is 3.14. The molecule has 0 spiro atoms. The van der Waals surface area contributed by atoms with Crippen LogP contribution in [0.15, 0.2) is 16.6 Å². The summed E-state index contributed by atoms with van der Waals surface area (Å²) in [7, 11) is 1.72. The van der Waals surface area contributed by atoms with E-state index >= 15 is 0 Å². The molecule has 18 heavy (non-hydrogen) atoms. The zero-order valence-corrected chi connectivity index (χ0v) is 11.9. The molecule has 2 unspecified atom stereocenters. The van der Waals surface area contributed by atoms with E-state index in [2.05, 4.69) is 15.9 Å². The van der Waals surface area contributed by atoms with E-state index in [0.29, 0.717) is 15.9 Å². The smallest absolute Gasteiger partial charge is 0.143 e. The predicted molar refractivity (Wildman–Crippen MR) is 72.2 cm³/mol. The minimum Gasteiger partial charge on any atom is -0.488 e. The molecule has 0 radical (unpaired) electrons. The van der Waals surface area contributed by atoms with Gasteiger partial charge in [0, 0.05) is 19.6 Å². The Kier molecular flexibility index (Phi) is 4.45. The molecule has 0 amide bonds. The van der Waals surface area contributed by atoms with Gasteiger partial charge in [-0.1, -0.05) is 0 Å². The first kappa shape index (κ1) is 13.6. The van der Waals surface area contributed by atoms with Gasteiger partial charge in [-0.3, -0.25) is 0 Å². The van der Waals surface area contributed by atoms with Crippen LogP contribution in [0.4, 0.5) is 10.1 Å². The van der Waals surface area contributed by atoms with Crippen molar-refractivity contribution in [3.8, 4) is 5.75 Å². The van der Waals surface area contributed by atoms with Crippen LogP contribution in [0.25, 0.3) is 0 Å². The fourth-order valence-electron chi connectivity index (χ4n) is 2.25. The van der Waals surface area contributed by atoms with E-state index in [1.54, 1.807) is 13.2 Å². The molecule has 1 aromatic carbocycles. The molecule has 1 aromatic rings. The van der Waals surface area contributed by atoms with Gasteiger partial charge in [-0.2, -0.15) is 0 Å². The SMILES string of the molecule is COC1CCCC(Oc2cc(Br)c(F)cc2N)C1. The summed E-state index contributed by atoms with van der Waals surface area (Å²) < 4.78 is 24.8. The van der Waals surface area contributed by atoms with Crippen molar-refractivity contribution in [2.75, 3.05) is 12.8 Å². The summed E-state index contributed by atoms with van der Waals surface area (Å²) in [6.07, 6.45) is 4.31. The van der Waals surface area contributed by atoms with Gasteiger partial charge in [0.25, 0.3) is 0 Å². The van der Waals surface area contributed by atoms with Gasteiger partial charge in [0.2, 0.25) is 0 Å². The fraction of sp³-hybridized carbons (Fsp3) is 0.538. The predicted octanol–water partition coefficient (Wildman–Crippen LogP) is 3.51. The Balaban J connectivity index is 2.07. The summed E-state index contributed by atoms with van der Waals surface area (Å²) in [6.45, 7) is 0. The Labute approximate surface area is 115 Å². The summed E-state index contributed by atoms with van der Waals surface area (Å²) in [5.74, 6) is 0.156. The Morgan fingerprint density at radius 1 is 1.33 bits per heavy atom. The van der Waals surface area contributed by atoms with Crippen LogP contribution in [0.5, 0.6) is 5.75 Å². The van der Waals surface area contributed by atoms with Crippen molar-refractivity contribution in [3.05, 3.63) is 22.4 Å². The minimum absolute atomic E-state index is 0.0864. The molecular formula is C13H17BrFNO2. The van der Waals surface area contributed by atoms with Crippen molar-refractivity contribution in [1.82, 2.24) is 0 Å². The summed E-state index contributed by atoms with van der Waals surface area (Å²) in [5, 5.41) is 0. The second-order valence-electron chi connectivity index (χ2n) is 4.57. The van der Waals surface area contributed by atoms with Gasteiger partial charge < -0.3 is 15.2 Å². The Hall–Kier alpha value is -0.810. The third-order valence-electron chi connectivity index (χ3n) is 3.26. The Bertz CT molecular complexity index is 428. The highest BCUT2D eigenvalue weighted by Crippen LogP contribution is 2.32. The average molecular weight is 318 g/mol. The van der Waals surface area contributed by atoms with E-state index in [0.717, 1.165) is 25.7 Å². The van der Waals surface area contributed by atoms with Gasteiger partial charge in [-0.15, -0.1) is 0 Å². The molecule has 0 heterocycles. The fourth-order valence-corrected chi connectivity index (χ4v) is 2.57. The van der Waals surface area contributed by atoms with Gasteiger partial charge in [0.05, 0.1) is 16.3 Å². The summed E-state index contributed by atoms with van der Waals surface area (Å²) in [4.78, 5) is 0. The van der Waals surface area contributed by atoms with E-state index in [4.69, 9.17) is 15.2 Å². The van der Waals surface area contributed by atoms with Crippen molar-refractivity contribution in [2.24, 2.45) is 0 Å². The first-order chi connectivity index (χ1) is 8.60. The Morgan fingerprint density at radius 2 is 2.06 bits per heavy atom. The molecule has 5 heteroatoms. The second kappa shape index (κ2) is 5.89. The quantitative estimate of drug-likeness (QED) is 0.868. The van der Waals surface area contributed by atoms with E-state index in [1.165, 1.54) is 6.07 Å². The number of hydrogen-bond donors (Lipinski definition) is 1. The van der Waals surface area contributed by atoms with E-state index < -0.39 is 0 Å². The lowest BCUT2D eigenvalue weighted by Gasteiger charge is -2.29. The van der Waals surface area contributed by atoms with Gasteiger partial charge in [-0.25, -0.2) is 4.39 Å². The number of anilines is 1. The normalized spacial score (nSPS) is 23.9. The number of benzene rings is 1. The number of ether oxygens (including phenoxy) is 2. The average Bonchev–Trinajstić information content (AvgIpc) is 2.36. The molecule has 2 rings (SSSR count). The lowest BCUT2D eigenvalue weighted by molar-refractivity contribution is 0.0211. The maximum Gasteiger partial charge on any atom is 0.143 e. The minimum atomic E-state index is -0.377. The van der Waals surface area contributed by atoms with E-state index in [1.807, 2.05) is 0 Å². The van der Waals surface area contributed by atoms with Crippen LogP contribution in [0.3, 0.4) is 0 Å². The van der Waals surface area contributed by atoms with Gasteiger partial charge in [0.15, 0.2) is 0 Å². The topological polar surface area (TPSA) is 44.5 Å². The molecule has 1 aliphatic rings.